The van der Waals surface area contributed by atoms with Gasteiger partial charge in [0, 0.05) is 49.7 Å². The van der Waals surface area contributed by atoms with E-state index in [2.05, 4.69) is 41.1 Å². The number of thioether (sulfide) groups is 1. The number of rotatable bonds is 2. The highest BCUT2D eigenvalue weighted by Crippen LogP contribution is 2.24. The maximum Gasteiger partial charge on any atom is 0.262 e. The fraction of sp³-hybridized carbons (Fsp3) is 0.318. The van der Waals surface area contributed by atoms with Crippen LogP contribution in [0.4, 0.5) is 5.69 Å². The number of carbonyl (C=O) groups is 1. The normalized spacial score (nSPS) is 16.3. The number of aryl methyl sites for hydroxylation is 1. The van der Waals surface area contributed by atoms with Crippen LogP contribution in [0.15, 0.2) is 52.4 Å². The minimum Gasteiger partial charge on any atom is -0.368 e. The van der Waals surface area contributed by atoms with E-state index in [9.17, 15) is 9.59 Å². The molecule has 2 aromatic carbocycles. The van der Waals surface area contributed by atoms with Gasteiger partial charge < -0.3 is 9.80 Å². The summed E-state index contributed by atoms with van der Waals surface area (Å²) in [5.41, 5.74) is 3.64. The third kappa shape index (κ3) is 3.29. The van der Waals surface area contributed by atoms with Crippen LogP contribution in [0.5, 0.6) is 0 Å². The van der Waals surface area contributed by atoms with Crippen LogP contribution >= 0.6 is 11.8 Å². The van der Waals surface area contributed by atoms with Crippen LogP contribution < -0.4 is 10.5 Å². The molecule has 2 aliphatic heterocycles. The summed E-state index contributed by atoms with van der Waals surface area (Å²) in [6.45, 7) is 5.78. The highest BCUT2D eigenvalue weighted by molar-refractivity contribution is 7.99. The van der Waals surface area contributed by atoms with Gasteiger partial charge in [-0.2, -0.15) is 0 Å². The minimum atomic E-state index is -0.0132. The molecule has 1 fully saturated rings. The van der Waals surface area contributed by atoms with Crippen molar-refractivity contribution >= 4 is 34.3 Å². The average molecular weight is 407 g/mol. The van der Waals surface area contributed by atoms with Gasteiger partial charge in [0.25, 0.3) is 11.5 Å². The molecule has 0 N–H and O–H groups in total. The lowest BCUT2D eigenvalue weighted by molar-refractivity contribution is 0.0747. The van der Waals surface area contributed by atoms with Crippen molar-refractivity contribution in [3.63, 3.8) is 0 Å². The molecule has 3 aromatic rings. The molecule has 7 heteroatoms. The summed E-state index contributed by atoms with van der Waals surface area (Å²) in [6.07, 6.45) is 0. The maximum absolute atomic E-state index is 13.1. The van der Waals surface area contributed by atoms with Gasteiger partial charge in [0.2, 0.25) is 0 Å². The highest BCUT2D eigenvalue weighted by atomic mass is 32.2. The van der Waals surface area contributed by atoms with Crippen molar-refractivity contribution in [3.8, 4) is 0 Å². The zero-order valence-corrected chi connectivity index (χ0v) is 17.1. The van der Waals surface area contributed by atoms with Crippen LogP contribution in [0.1, 0.15) is 15.9 Å². The first-order chi connectivity index (χ1) is 14.1. The molecule has 1 saturated heterocycles. The third-order valence-electron chi connectivity index (χ3n) is 5.65. The molecule has 0 bridgehead atoms. The summed E-state index contributed by atoms with van der Waals surface area (Å²) in [5, 5.41) is 1.33. The van der Waals surface area contributed by atoms with Crippen molar-refractivity contribution in [3.05, 3.63) is 63.9 Å². The monoisotopic (exact) mass is 406 g/mol. The van der Waals surface area contributed by atoms with E-state index in [1.165, 1.54) is 11.3 Å². The van der Waals surface area contributed by atoms with Gasteiger partial charge in [-0.05, 0) is 42.8 Å². The van der Waals surface area contributed by atoms with Crippen molar-refractivity contribution < 1.29 is 4.79 Å². The zero-order valence-electron chi connectivity index (χ0n) is 16.3. The first-order valence-electron chi connectivity index (χ1n) is 9.88. The standard InChI is InChI=1S/C22H22N4O2S/c1-15-3-2-4-17(13-15)24-7-9-25(10-8-24)20(27)16-5-6-18-19(14-16)23-22-26(21(18)28)11-12-29-22/h2-6,13-14H,7-12H2,1H3. The second-order valence-corrected chi connectivity index (χ2v) is 8.61. The maximum atomic E-state index is 13.1. The lowest BCUT2D eigenvalue weighted by atomic mass is 10.1. The molecule has 1 aromatic heterocycles. The van der Waals surface area contributed by atoms with Crippen molar-refractivity contribution in [1.29, 1.82) is 0 Å². The second kappa shape index (κ2) is 7.22. The van der Waals surface area contributed by atoms with Crippen LogP contribution in [-0.2, 0) is 6.54 Å². The quantitative estimate of drug-likeness (QED) is 0.613. The van der Waals surface area contributed by atoms with E-state index in [1.54, 1.807) is 34.5 Å². The molecule has 2 aliphatic rings. The number of nitrogens with zero attached hydrogens (tertiary/aromatic N) is 4. The van der Waals surface area contributed by atoms with Gasteiger partial charge in [-0.15, -0.1) is 0 Å². The first kappa shape index (κ1) is 18.2. The van der Waals surface area contributed by atoms with E-state index in [4.69, 9.17) is 0 Å². The summed E-state index contributed by atoms with van der Waals surface area (Å²) in [5.74, 6) is 0.876. The zero-order chi connectivity index (χ0) is 20.0. The van der Waals surface area contributed by atoms with Gasteiger partial charge in [-0.3, -0.25) is 14.2 Å². The molecule has 6 nitrogen and oxygen atoms in total. The summed E-state index contributed by atoms with van der Waals surface area (Å²) in [6, 6.07) is 13.7. The number of hydrogen-bond acceptors (Lipinski definition) is 5. The number of fused-ring (bicyclic) bond motifs is 2. The third-order valence-corrected chi connectivity index (χ3v) is 6.60. The predicted molar refractivity (Wildman–Crippen MR) is 116 cm³/mol. The molecular weight excluding hydrogens is 384 g/mol. The molecule has 0 spiro atoms. The molecule has 0 unspecified atom stereocenters. The number of carbonyl (C=O) groups excluding carboxylic acids is 1. The highest BCUT2D eigenvalue weighted by Gasteiger charge is 2.23. The number of amides is 1. The van der Waals surface area contributed by atoms with Gasteiger partial charge in [0.1, 0.15) is 0 Å². The minimum absolute atomic E-state index is 0.00541. The molecular formula is C22H22N4O2S. The smallest absolute Gasteiger partial charge is 0.262 e. The molecule has 0 radical (unpaired) electrons. The lowest BCUT2D eigenvalue weighted by Gasteiger charge is -2.36. The van der Waals surface area contributed by atoms with Crippen LogP contribution in [0.25, 0.3) is 10.9 Å². The van der Waals surface area contributed by atoms with Gasteiger partial charge in [-0.1, -0.05) is 23.9 Å². The van der Waals surface area contributed by atoms with E-state index >= 15 is 0 Å². The summed E-state index contributed by atoms with van der Waals surface area (Å²) < 4.78 is 1.72. The Kier molecular flexibility index (Phi) is 4.54. The first-order valence-corrected chi connectivity index (χ1v) is 10.9. The molecule has 3 heterocycles. The fourth-order valence-electron chi connectivity index (χ4n) is 4.04. The van der Waals surface area contributed by atoms with E-state index in [0.717, 1.165) is 24.0 Å². The molecule has 5 rings (SSSR count). The topological polar surface area (TPSA) is 58.4 Å². The van der Waals surface area contributed by atoms with E-state index in [-0.39, 0.29) is 11.5 Å². The molecule has 148 valence electrons. The predicted octanol–water partition coefficient (Wildman–Crippen LogP) is 2.77. The number of hydrogen-bond donors (Lipinski definition) is 0. The number of piperazine rings is 1. The van der Waals surface area contributed by atoms with Crippen molar-refractivity contribution in [2.45, 2.75) is 18.6 Å². The SMILES string of the molecule is Cc1cccc(N2CCN(C(=O)c3ccc4c(=O)n5c(nc4c3)SCC5)CC2)c1. The summed E-state index contributed by atoms with van der Waals surface area (Å²) >= 11 is 1.59. The Hall–Kier alpha value is -2.80. The summed E-state index contributed by atoms with van der Waals surface area (Å²) in [7, 11) is 0. The Labute approximate surface area is 173 Å². The molecule has 0 atom stereocenters. The Bertz CT molecular complexity index is 1170. The molecule has 0 saturated carbocycles. The van der Waals surface area contributed by atoms with E-state index in [1.807, 2.05) is 4.90 Å². The van der Waals surface area contributed by atoms with Gasteiger partial charge in [0.05, 0.1) is 10.9 Å². The van der Waals surface area contributed by atoms with Gasteiger partial charge in [-0.25, -0.2) is 4.98 Å². The van der Waals surface area contributed by atoms with Crippen LogP contribution in [0.2, 0.25) is 0 Å². The Balaban J connectivity index is 1.35. The fourth-order valence-corrected chi connectivity index (χ4v) is 4.99. The average Bonchev–Trinajstić information content (AvgIpc) is 3.22. The van der Waals surface area contributed by atoms with Crippen LogP contribution in [-0.4, -0.2) is 52.3 Å². The van der Waals surface area contributed by atoms with Crippen molar-refractivity contribution in [2.75, 3.05) is 36.8 Å². The Morgan fingerprint density at radius 1 is 1.03 bits per heavy atom. The molecule has 0 aliphatic carbocycles. The van der Waals surface area contributed by atoms with Crippen LogP contribution in [0.3, 0.4) is 0 Å². The second-order valence-electron chi connectivity index (χ2n) is 7.55. The van der Waals surface area contributed by atoms with Crippen molar-refractivity contribution in [1.82, 2.24) is 14.5 Å². The number of aromatic nitrogens is 2. The number of anilines is 1. The van der Waals surface area contributed by atoms with E-state index in [0.29, 0.717) is 36.1 Å². The molecule has 29 heavy (non-hydrogen) atoms. The van der Waals surface area contributed by atoms with Crippen LogP contribution in [0, 0.1) is 6.92 Å². The van der Waals surface area contributed by atoms with E-state index < -0.39 is 0 Å². The van der Waals surface area contributed by atoms with Gasteiger partial charge >= 0.3 is 0 Å². The Morgan fingerprint density at radius 3 is 2.66 bits per heavy atom. The lowest BCUT2D eigenvalue weighted by Crippen LogP contribution is -2.48. The van der Waals surface area contributed by atoms with Gasteiger partial charge in [0.15, 0.2) is 5.16 Å². The summed E-state index contributed by atoms with van der Waals surface area (Å²) in [4.78, 5) is 34.5. The largest absolute Gasteiger partial charge is 0.368 e. The molecule has 1 amide bonds. The number of benzene rings is 2. The Morgan fingerprint density at radius 2 is 1.86 bits per heavy atom. The van der Waals surface area contributed by atoms with Crippen molar-refractivity contribution in [2.24, 2.45) is 0 Å².